The van der Waals surface area contributed by atoms with Crippen LogP contribution in [-0.2, 0) is 16.6 Å². The minimum absolute atomic E-state index is 0.103. The number of benzene rings is 2. The van der Waals surface area contributed by atoms with E-state index in [2.05, 4.69) is 32.9 Å². The Morgan fingerprint density at radius 1 is 1.04 bits per heavy atom. The molecular formula is C19H21Cl2NO. The van der Waals surface area contributed by atoms with Gasteiger partial charge in [-0.25, -0.2) is 0 Å². The fourth-order valence-corrected chi connectivity index (χ4v) is 2.79. The Bertz CT molecular complexity index is 702. The topological polar surface area (TPSA) is 43.1 Å². The standard InChI is InChI=1S/C19H21Cl2NO/c1-19(2,3)14-7-4-12(5-8-14)10-15(18(22)23)13-6-9-16(20)17(21)11-13/h4-9,11,15H,10H2,1-3H3,(H2,22,23). The van der Waals surface area contributed by atoms with Crippen LogP contribution in [0.3, 0.4) is 0 Å². The smallest absolute Gasteiger partial charge is 0.225 e. The van der Waals surface area contributed by atoms with Crippen LogP contribution in [0.15, 0.2) is 42.5 Å². The van der Waals surface area contributed by atoms with E-state index in [1.54, 1.807) is 18.2 Å². The van der Waals surface area contributed by atoms with Gasteiger partial charge in [-0.2, -0.15) is 0 Å². The van der Waals surface area contributed by atoms with Gasteiger partial charge < -0.3 is 5.73 Å². The van der Waals surface area contributed by atoms with Gasteiger partial charge in [-0.15, -0.1) is 0 Å². The summed E-state index contributed by atoms with van der Waals surface area (Å²) >= 11 is 12.0. The molecule has 1 unspecified atom stereocenters. The average Bonchev–Trinajstić information content (AvgIpc) is 2.47. The summed E-state index contributed by atoms with van der Waals surface area (Å²) in [4.78, 5) is 11.9. The quantitative estimate of drug-likeness (QED) is 0.819. The lowest BCUT2D eigenvalue weighted by molar-refractivity contribution is -0.119. The van der Waals surface area contributed by atoms with Crippen LogP contribution in [0.5, 0.6) is 0 Å². The van der Waals surface area contributed by atoms with Gasteiger partial charge in [0.05, 0.1) is 16.0 Å². The van der Waals surface area contributed by atoms with Crippen molar-refractivity contribution in [2.24, 2.45) is 5.73 Å². The zero-order chi connectivity index (χ0) is 17.2. The number of carbonyl (C=O) groups is 1. The van der Waals surface area contributed by atoms with Crippen LogP contribution < -0.4 is 5.73 Å². The van der Waals surface area contributed by atoms with Gasteiger partial charge in [0.1, 0.15) is 0 Å². The molecular weight excluding hydrogens is 329 g/mol. The lowest BCUT2D eigenvalue weighted by atomic mass is 9.85. The molecule has 1 amide bonds. The maximum absolute atomic E-state index is 11.9. The Hall–Kier alpha value is -1.51. The molecule has 0 saturated heterocycles. The van der Waals surface area contributed by atoms with Gasteiger partial charge >= 0.3 is 0 Å². The van der Waals surface area contributed by atoms with Crippen LogP contribution >= 0.6 is 23.2 Å². The lowest BCUT2D eigenvalue weighted by Crippen LogP contribution is -2.23. The summed E-state index contributed by atoms with van der Waals surface area (Å²) in [5.74, 6) is -0.798. The third-order valence-corrected chi connectivity index (χ3v) is 4.69. The zero-order valence-corrected chi connectivity index (χ0v) is 15.1. The normalized spacial score (nSPS) is 12.9. The first-order valence-electron chi connectivity index (χ1n) is 7.52. The van der Waals surface area contributed by atoms with Gasteiger partial charge in [-0.3, -0.25) is 4.79 Å². The molecule has 122 valence electrons. The second kappa shape index (κ2) is 6.94. The van der Waals surface area contributed by atoms with Crippen molar-refractivity contribution in [3.8, 4) is 0 Å². The van der Waals surface area contributed by atoms with E-state index in [0.29, 0.717) is 16.5 Å². The first kappa shape index (κ1) is 17.8. The molecule has 2 nitrogen and oxygen atoms in total. The van der Waals surface area contributed by atoms with Crippen molar-refractivity contribution in [1.82, 2.24) is 0 Å². The van der Waals surface area contributed by atoms with Gasteiger partial charge in [0.2, 0.25) is 5.91 Å². The molecule has 0 radical (unpaired) electrons. The fourth-order valence-electron chi connectivity index (χ4n) is 2.49. The van der Waals surface area contributed by atoms with Crippen molar-refractivity contribution >= 4 is 29.1 Å². The molecule has 0 bridgehead atoms. The summed E-state index contributed by atoms with van der Waals surface area (Å²) in [5, 5.41) is 0.895. The first-order valence-corrected chi connectivity index (χ1v) is 8.28. The van der Waals surface area contributed by atoms with Gasteiger partial charge in [0, 0.05) is 0 Å². The van der Waals surface area contributed by atoms with Crippen molar-refractivity contribution < 1.29 is 4.79 Å². The van der Waals surface area contributed by atoms with E-state index in [-0.39, 0.29) is 11.3 Å². The maximum atomic E-state index is 11.9. The number of hydrogen-bond donors (Lipinski definition) is 1. The molecule has 0 saturated carbocycles. The molecule has 2 N–H and O–H groups in total. The summed E-state index contributed by atoms with van der Waals surface area (Å²) in [6, 6.07) is 13.5. The van der Waals surface area contributed by atoms with Crippen LogP contribution in [0.4, 0.5) is 0 Å². The summed E-state index contributed by atoms with van der Waals surface area (Å²) in [5.41, 5.74) is 8.79. The molecule has 23 heavy (non-hydrogen) atoms. The van der Waals surface area contributed by atoms with Crippen LogP contribution in [-0.4, -0.2) is 5.91 Å². The second-order valence-electron chi connectivity index (χ2n) is 6.78. The molecule has 0 aliphatic heterocycles. The number of hydrogen-bond acceptors (Lipinski definition) is 1. The zero-order valence-electron chi connectivity index (χ0n) is 13.6. The van der Waals surface area contributed by atoms with E-state index in [9.17, 15) is 4.79 Å². The maximum Gasteiger partial charge on any atom is 0.225 e. The van der Waals surface area contributed by atoms with Crippen molar-refractivity contribution in [3.05, 3.63) is 69.2 Å². The van der Waals surface area contributed by atoms with E-state index in [1.807, 2.05) is 12.1 Å². The summed E-state index contributed by atoms with van der Waals surface area (Å²) < 4.78 is 0. The summed E-state index contributed by atoms with van der Waals surface area (Å²) in [7, 11) is 0. The number of nitrogens with two attached hydrogens (primary N) is 1. The molecule has 1 atom stereocenters. The summed E-state index contributed by atoms with van der Waals surface area (Å²) in [6.45, 7) is 6.51. The molecule has 4 heteroatoms. The van der Waals surface area contributed by atoms with Gasteiger partial charge in [0.25, 0.3) is 0 Å². The second-order valence-corrected chi connectivity index (χ2v) is 7.59. The van der Waals surface area contributed by atoms with Crippen molar-refractivity contribution in [2.75, 3.05) is 0 Å². The highest BCUT2D eigenvalue weighted by Gasteiger charge is 2.20. The highest BCUT2D eigenvalue weighted by atomic mass is 35.5. The highest BCUT2D eigenvalue weighted by molar-refractivity contribution is 6.42. The molecule has 2 aromatic carbocycles. The van der Waals surface area contributed by atoms with Crippen LogP contribution in [0.1, 0.15) is 43.4 Å². The Morgan fingerprint density at radius 3 is 2.13 bits per heavy atom. The molecule has 0 aromatic heterocycles. The third-order valence-electron chi connectivity index (χ3n) is 3.95. The Kier molecular flexibility index (Phi) is 5.38. The van der Waals surface area contributed by atoms with Crippen molar-refractivity contribution in [3.63, 3.8) is 0 Å². The van der Waals surface area contributed by atoms with Crippen LogP contribution in [0.25, 0.3) is 0 Å². The van der Waals surface area contributed by atoms with E-state index in [4.69, 9.17) is 28.9 Å². The summed E-state index contributed by atoms with van der Waals surface area (Å²) in [6.07, 6.45) is 0.539. The number of halogens is 2. The molecule has 0 heterocycles. The largest absolute Gasteiger partial charge is 0.369 e. The molecule has 2 aromatic rings. The van der Waals surface area contributed by atoms with E-state index in [1.165, 1.54) is 5.56 Å². The predicted octanol–water partition coefficient (Wildman–Crippen LogP) is 5.10. The van der Waals surface area contributed by atoms with Gasteiger partial charge in [-0.1, -0.05) is 74.3 Å². The van der Waals surface area contributed by atoms with Gasteiger partial charge in [-0.05, 0) is 40.7 Å². The number of rotatable bonds is 4. The Labute approximate surface area is 147 Å². The monoisotopic (exact) mass is 349 g/mol. The first-order chi connectivity index (χ1) is 10.7. The van der Waals surface area contributed by atoms with E-state index < -0.39 is 5.92 Å². The Balaban J connectivity index is 2.26. The molecule has 0 aliphatic rings. The number of primary amides is 1. The predicted molar refractivity (Wildman–Crippen MR) is 97.2 cm³/mol. The van der Waals surface area contributed by atoms with Crippen molar-refractivity contribution in [2.45, 2.75) is 38.5 Å². The minimum Gasteiger partial charge on any atom is -0.369 e. The molecule has 0 aliphatic carbocycles. The highest BCUT2D eigenvalue weighted by Crippen LogP contribution is 2.29. The Morgan fingerprint density at radius 2 is 1.65 bits per heavy atom. The minimum atomic E-state index is -0.426. The number of amides is 1. The number of carbonyl (C=O) groups excluding carboxylic acids is 1. The van der Waals surface area contributed by atoms with Gasteiger partial charge in [0.15, 0.2) is 0 Å². The van der Waals surface area contributed by atoms with Crippen LogP contribution in [0.2, 0.25) is 10.0 Å². The SMILES string of the molecule is CC(C)(C)c1ccc(CC(C(N)=O)c2ccc(Cl)c(Cl)c2)cc1. The lowest BCUT2D eigenvalue weighted by Gasteiger charge is -2.20. The van der Waals surface area contributed by atoms with Crippen LogP contribution in [0, 0.1) is 0 Å². The third kappa shape index (κ3) is 4.49. The fraction of sp³-hybridized carbons (Fsp3) is 0.316. The molecule has 0 spiro atoms. The molecule has 0 fully saturated rings. The van der Waals surface area contributed by atoms with E-state index >= 15 is 0 Å². The average molecular weight is 350 g/mol. The van der Waals surface area contributed by atoms with E-state index in [0.717, 1.165) is 11.1 Å². The molecule has 2 rings (SSSR count). The van der Waals surface area contributed by atoms with Crippen molar-refractivity contribution in [1.29, 1.82) is 0 Å².